The maximum Gasteiger partial charge on any atom is 0.377 e. The lowest BCUT2D eigenvalue weighted by molar-refractivity contribution is -0.179. The highest BCUT2D eigenvalue weighted by atomic mass is 19.3. The third-order valence-corrected chi connectivity index (χ3v) is 10.3. The minimum Gasteiger partial charge on any atom is -0.458 e. The summed E-state index contributed by atoms with van der Waals surface area (Å²) in [5, 5.41) is 0. The van der Waals surface area contributed by atoms with Crippen LogP contribution in [0.2, 0.25) is 0 Å². The molecule has 0 saturated carbocycles. The van der Waals surface area contributed by atoms with Gasteiger partial charge in [0.15, 0.2) is 0 Å². The number of nitrogens with zero attached hydrogens (tertiary/aromatic N) is 2. The molecular weight excluding hydrogens is 630 g/mol. The summed E-state index contributed by atoms with van der Waals surface area (Å²) in [5.41, 5.74) is 0. The van der Waals surface area contributed by atoms with Crippen molar-refractivity contribution in [3.05, 3.63) is 0 Å². The van der Waals surface area contributed by atoms with Gasteiger partial charge in [-0.1, -0.05) is 150 Å². The summed E-state index contributed by atoms with van der Waals surface area (Å²) < 4.78 is 35.7. The van der Waals surface area contributed by atoms with Crippen LogP contribution in [0.1, 0.15) is 220 Å². The summed E-state index contributed by atoms with van der Waals surface area (Å²) in [4.78, 5) is 30.7. The first-order valence-corrected chi connectivity index (χ1v) is 21.7. The third-order valence-electron chi connectivity index (χ3n) is 10.3. The van der Waals surface area contributed by atoms with Gasteiger partial charge in [0.1, 0.15) is 6.10 Å². The first kappa shape index (κ1) is 48.8. The highest BCUT2D eigenvalue weighted by Gasteiger charge is 2.41. The van der Waals surface area contributed by atoms with Crippen LogP contribution in [-0.4, -0.2) is 66.9 Å². The maximum atomic E-state index is 15.1. The van der Waals surface area contributed by atoms with Gasteiger partial charge in [0, 0.05) is 25.4 Å². The molecule has 0 fully saturated rings. The summed E-state index contributed by atoms with van der Waals surface area (Å²) in [5.74, 6) is -4.60. The van der Waals surface area contributed by atoms with Gasteiger partial charge < -0.3 is 14.5 Å². The van der Waals surface area contributed by atoms with Gasteiger partial charge in [-0.2, -0.15) is 8.78 Å². The molecule has 0 saturated heterocycles. The second kappa shape index (κ2) is 33.6. The van der Waals surface area contributed by atoms with E-state index in [1.807, 2.05) is 14.1 Å². The van der Waals surface area contributed by atoms with Crippen LogP contribution in [0.4, 0.5) is 8.78 Å². The van der Waals surface area contributed by atoms with E-state index in [-0.39, 0.29) is 18.4 Å². The Bertz CT molecular complexity index is 769. The minimum absolute atomic E-state index is 0.0733. The molecule has 5 nitrogen and oxygen atoms in total. The quantitative estimate of drug-likeness (QED) is 0.0475. The largest absolute Gasteiger partial charge is 0.458 e. The lowest BCUT2D eigenvalue weighted by atomic mass is 9.97. The predicted octanol–water partition coefficient (Wildman–Crippen LogP) is 13.1. The van der Waals surface area contributed by atoms with Crippen molar-refractivity contribution in [2.24, 2.45) is 0 Å². The molecule has 298 valence electrons. The maximum absolute atomic E-state index is 15.1. The Balaban J connectivity index is 5.41. The zero-order chi connectivity index (χ0) is 37.3. The van der Waals surface area contributed by atoms with Crippen molar-refractivity contribution in [2.75, 3.05) is 27.2 Å². The van der Waals surface area contributed by atoms with Crippen LogP contribution in [0.3, 0.4) is 0 Å². The van der Waals surface area contributed by atoms with Crippen molar-refractivity contribution >= 4 is 11.9 Å². The predicted molar refractivity (Wildman–Crippen MR) is 210 cm³/mol. The third kappa shape index (κ3) is 27.4. The lowest BCUT2D eigenvalue weighted by Crippen LogP contribution is -2.41. The van der Waals surface area contributed by atoms with E-state index in [2.05, 4.69) is 37.5 Å². The smallest absolute Gasteiger partial charge is 0.377 e. The number of esters is 1. The van der Waals surface area contributed by atoms with E-state index in [9.17, 15) is 9.59 Å². The second-order valence-electron chi connectivity index (χ2n) is 15.5. The van der Waals surface area contributed by atoms with Gasteiger partial charge in [-0.3, -0.25) is 4.79 Å². The zero-order valence-corrected chi connectivity index (χ0v) is 34.2. The summed E-state index contributed by atoms with van der Waals surface area (Å²) in [6, 6.07) is 0.0733. The topological polar surface area (TPSA) is 49.9 Å². The molecule has 0 aliphatic rings. The molecule has 0 spiro atoms. The molecular formula is C43H84F2N2O3. The van der Waals surface area contributed by atoms with Crippen molar-refractivity contribution < 1.29 is 23.1 Å². The molecule has 0 aromatic heterocycles. The molecule has 0 rings (SSSR count). The van der Waals surface area contributed by atoms with Gasteiger partial charge in [-0.25, -0.2) is 4.79 Å². The Morgan fingerprint density at radius 2 is 0.960 bits per heavy atom. The van der Waals surface area contributed by atoms with Crippen molar-refractivity contribution in [3.63, 3.8) is 0 Å². The monoisotopic (exact) mass is 715 g/mol. The Morgan fingerprint density at radius 3 is 1.46 bits per heavy atom. The van der Waals surface area contributed by atoms with Crippen molar-refractivity contribution in [3.8, 4) is 0 Å². The van der Waals surface area contributed by atoms with Crippen LogP contribution in [0.25, 0.3) is 0 Å². The summed E-state index contributed by atoms with van der Waals surface area (Å²) in [6.45, 7) is 10.3. The molecule has 0 heterocycles. The fraction of sp³-hybridized carbons (Fsp3) is 0.953. The number of carbonyl (C=O) groups is 2. The molecule has 0 radical (unpaired) electrons. The van der Waals surface area contributed by atoms with Crippen LogP contribution < -0.4 is 0 Å². The van der Waals surface area contributed by atoms with Crippen LogP contribution in [0, 0.1) is 0 Å². The van der Waals surface area contributed by atoms with Crippen LogP contribution >= 0.6 is 0 Å². The van der Waals surface area contributed by atoms with Crippen molar-refractivity contribution in [1.29, 1.82) is 0 Å². The number of hydrogen-bond acceptors (Lipinski definition) is 4. The number of carbonyl (C=O) groups excluding carboxylic acids is 2. The van der Waals surface area contributed by atoms with E-state index >= 15 is 8.78 Å². The molecule has 0 bridgehead atoms. The van der Waals surface area contributed by atoms with Gasteiger partial charge >= 0.3 is 11.9 Å². The fourth-order valence-electron chi connectivity index (χ4n) is 6.98. The average molecular weight is 715 g/mol. The molecule has 50 heavy (non-hydrogen) atoms. The number of hydrogen-bond donors (Lipinski definition) is 0. The van der Waals surface area contributed by atoms with Gasteiger partial charge in [-0.15, -0.1) is 0 Å². The van der Waals surface area contributed by atoms with E-state index in [1.165, 1.54) is 70.6 Å². The first-order valence-electron chi connectivity index (χ1n) is 21.7. The van der Waals surface area contributed by atoms with Gasteiger partial charge in [0.25, 0.3) is 0 Å². The van der Waals surface area contributed by atoms with E-state index in [0.29, 0.717) is 32.1 Å². The average Bonchev–Trinajstić information content (AvgIpc) is 3.08. The lowest BCUT2D eigenvalue weighted by Gasteiger charge is -2.33. The summed E-state index contributed by atoms with van der Waals surface area (Å²) in [7, 11) is 4.08. The Labute approximate surface area is 309 Å². The first-order chi connectivity index (χ1) is 24.1. The Morgan fingerprint density at radius 1 is 0.540 bits per heavy atom. The number of halogens is 2. The summed E-state index contributed by atoms with van der Waals surface area (Å²) >= 11 is 0. The SMILES string of the molecule is CCCCCCCCCCN(C(=O)CCCN(C)C)C(CCCCCCCCC)CCCCC(F)(F)C(=O)OC(CCCCC)CCCCC. The van der Waals surface area contributed by atoms with Crippen LogP contribution in [0.15, 0.2) is 0 Å². The van der Waals surface area contributed by atoms with Gasteiger partial charge in [0.2, 0.25) is 5.91 Å². The normalized spacial score (nSPS) is 12.6. The van der Waals surface area contributed by atoms with Gasteiger partial charge in [-0.05, 0) is 78.4 Å². The number of rotatable bonds is 37. The minimum atomic E-state index is -3.47. The molecule has 0 aliphatic heterocycles. The summed E-state index contributed by atoms with van der Waals surface area (Å²) in [6.07, 6.45) is 28.5. The van der Waals surface area contributed by atoms with E-state index in [4.69, 9.17) is 4.74 Å². The molecule has 7 heteroatoms. The van der Waals surface area contributed by atoms with Crippen LogP contribution in [0.5, 0.6) is 0 Å². The standard InChI is InChI=1S/C43H84F2N2O3/c1-7-11-15-17-19-21-23-29-38-47(41(48)35-30-37-46(5)6)39(31-26-22-20-18-16-12-8-2)32-27-28-36-43(44,45)42(49)50-40(33-24-13-9-3)34-25-14-10-4/h39-40H,7-38H2,1-6H3. The molecule has 0 aromatic rings. The van der Waals surface area contributed by atoms with Gasteiger partial charge in [0.05, 0.1) is 0 Å². The van der Waals surface area contributed by atoms with E-state index < -0.39 is 24.4 Å². The molecule has 1 atom stereocenters. The molecule has 0 aliphatic carbocycles. The highest BCUT2D eigenvalue weighted by molar-refractivity contribution is 5.77. The molecule has 0 aromatic carbocycles. The number of amides is 1. The molecule has 0 N–H and O–H groups in total. The fourth-order valence-corrected chi connectivity index (χ4v) is 6.98. The number of unbranched alkanes of at least 4 members (excludes halogenated alkanes) is 18. The van der Waals surface area contributed by atoms with Crippen molar-refractivity contribution in [2.45, 2.75) is 238 Å². The molecule has 1 amide bonds. The highest BCUT2D eigenvalue weighted by Crippen LogP contribution is 2.28. The molecule has 1 unspecified atom stereocenters. The number of ether oxygens (including phenoxy) is 1. The number of alkyl halides is 2. The van der Waals surface area contributed by atoms with Crippen molar-refractivity contribution in [1.82, 2.24) is 9.80 Å². The Hall–Kier alpha value is -1.24. The second-order valence-corrected chi connectivity index (χ2v) is 15.5. The van der Waals surface area contributed by atoms with E-state index in [1.54, 1.807) is 0 Å². The van der Waals surface area contributed by atoms with E-state index in [0.717, 1.165) is 90.1 Å². The van der Waals surface area contributed by atoms with Crippen LogP contribution in [-0.2, 0) is 14.3 Å². The zero-order valence-electron chi connectivity index (χ0n) is 34.2. The Kier molecular flexibility index (Phi) is 32.8.